The number of hydrogen-bond donors (Lipinski definition) is 1. The lowest BCUT2D eigenvalue weighted by Gasteiger charge is -2.20. The van der Waals surface area contributed by atoms with Gasteiger partial charge in [-0.3, -0.25) is 4.79 Å². The van der Waals surface area contributed by atoms with Gasteiger partial charge in [-0.1, -0.05) is 132 Å². The van der Waals surface area contributed by atoms with Crippen molar-refractivity contribution in [2.75, 3.05) is 0 Å². The summed E-state index contributed by atoms with van der Waals surface area (Å²) in [6.45, 7) is 4.36. The van der Waals surface area contributed by atoms with Gasteiger partial charge in [-0.05, 0) is 30.0 Å². The van der Waals surface area contributed by atoms with Crippen molar-refractivity contribution < 1.29 is 9.90 Å². The fourth-order valence-corrected chi connectivity index (χ4v) is 4.48. The Morgan fingerprint density at radius 2 is 1.21 bits per heavy atom. The van der Waals surface area contributed by atoms with Crippen molar-refractivity contribution in [1.82, 2.24) is 0 Å². The largest absolute Gasteiger partial charge is 0.481 e. The molecule has 0 heterocycles. The average Bonchev–Trinajstić information content (AvgIpc) is 2.69. The topological polar surface area (TPSA) is 37.3 Å². The average molecular weight is 468 g/mol. The van der Waals surface area contributed by atoms with Gasteiger partial charge in [0.15, 0.2) is 0 Å². The molecule has 0 saturated carbocycles. The van der Waals surface area contributed by atoms with Crippen molar-refractivity contribution in [1.29, 1.82) is 0 Å². The monoisotopic (exact) mass is 466 g/mol. The highest BCUT2D eigenvalue weighted by molar-refractivity contribution is 9.10. The standard InChI is InChI=1S/C26H43BrO2/c1-3-4-5-6-7-8-9-10-11-12-13-14-15-16-17-22(2)25(26(28)29)23-18-20-24(27)21-19-23/h18-22,25H,3-17H2,1-2H3,(H,28,29)/t22-,25+/m1/s1. The Labute approximate surface area is 188 Å². The highest BCUT2D eigenvalue weighted by Crippen LogP contribution is 2.30. The summed E-state index contributed by atoms with van der Waals surface area (Å²) in [7, 11) is 0. The van der Waals surface area contributed by atoms with Crippen LogP contribution in [0.1, 0.15) is 122 Å². The van der Waals surface area contributed by atoms with Crippen molar-refractivity contribution in [2.24, 2.45) is 5.92 Å². The predicted octanol–water partition coefficient (Wildman–Crippen LogP) is 9.12. The third-order valence-corrected chi connectivity index (χ3v) is 6.61. The zero-order chi connectivity index (χ0) is 21.3. The summed E-state index contributed by atoms with van der Waals surface area (Å²) < 4.78 is 0.991. The van der Waals surface area contributed by atoms with E-state index in [0.717, 1.165) is 22.9 Å². The van der Waals surface area contributed by atoms with Crippen LogP contribution in [0.2, 0.25) is 0 Å². The van der Waals surface area contributed by atoms with Crippen LogP contribution < -0.4 is 0 Å². The fraction of sp³-hybridized carbons (Fsp3) is 0.731. The molecule has 0 spiro atoms. The molecule has 0 fully saturated rings. The minimum Gasteiger partial charge on any atom is -0.481 e. The van der Waals surface area contributed by atoms with Gasteiger partial charge in [0.05, 0.1) is 5.92 Å². The van der Waals surface area contributed by atoms with Gasteiger partial charge in [0.25, 0.3) is 0 Å². The normalized spacial score (nSPS) is 13.3. The van der Waals surface area contributed by atoms with Crippen molar-refractivity contribution in [2.45, 2.75) is 116 Å². The molecule has 0 aromatic heterocycles. The first-order chi connectivity index (χ1) is 14.1. The fourth-order valence-electron chi connectivity index (χ4n) is 4.21. The van der Waals surface area contributed by atoms with Gasteiger partial charge in [-0.25, -0.2) is 0 Å². The van der Waals surface area contributed by atoms with E-state index >= 15 is 0 Å². The smallest absolute Gasteiger partial charge is 0.311 e. The zero-order valence-electron chi connectivity index (χ0n) is 18.8. The van der Waals surface area contributed by atoms with E-state index in [4.69, 9.17) is 0 Å². The molecule has 0 unspecified atom stereocenters. The van der Waals surface area contributed by atoms with E-state index in [-0.39, 0.29) is 5.92 Å². The maximum Gasteiger partial charge on any atom is 0.311 e. The number of hydrogen-bond acceptors (Lipinski definition) is 1. The first kappa shape index (κ1) is 26.2. The molecule has 0 bridgehead atoms. The first-order valence-corrected chi connectivity index (χ1v) is 12.8. The SMILES string of the molecule is CCCCCCCCCCCCCCCC[C@@H](C)[C@H](C(=O)O)c1ccc(Br)cc1. The molecule has 2 nitrogen and oxygen atoms in total. The van der Waals surface area contributed by atoms with Crippen LogP contribution in [0.5, 0.6) is 0 Å². The number of carboxylic acids is 1. The second-order valence-electron chi connectivity index (χ2n) is 8.73. The van der Waals surface area contributed by atoms with E-state index in [9.17, 15) is 9.90 Å². The van der Waals surface area contributed by atoms with Crippen LogP contribution in [0.3, 0.4) is 0 Å². The van der Waals surface area contributed by atoms with Gasteiger partial charge >= 0.3 is 5.97 Å². The second-order valence-corrected chi connectivity index (χ2v) is 9.65. The van der Waals surface area contributed by atoms with Crippen LogP contribution in [-0.2, 0) is 4.79 Å². The summed E-state index contributed by atoms with van der Waals surface area (Å²) in [5, 5.41) is 9.67. The van der Waals surface area contributed by atoms with Crippen molar-refractivity contribution >= 4 is 21.9 Å². The number of rotatable bonds is 18. The Kier molecular flexibility index (Phi) is 15.3. The lowest BCUT2D eigenvalue weighted by molar-refractivity contribution is -0.140. The molecule has 1 N–H and O–H groups in total. The predicted molar refractivity (Wildman–Crippen MR) is 129 cm³/mol. The first-order valence-electron chi connectivity index (χ1n) is 12.0. The summed E-state index contributed by atoms with van der Waals surface area (Å²) >= 11 is 3.42. The molecule has 0 radical (unpaired) electrons. The number of halogens is 1. The molecular formula is C26H43BrO2. The van der Waals surface area contributed by atoms with E-state index < -0.39 is 11.9 Å². The number of carbonyl (C=O) groups is 1. The van der Waals surface area contributed by atoms with Crippen molar-refractivity contribution in [3.05, 3.63) is 34.3 Å². The molecule has 0 aliphatic rings. The van der Waals surface area contributed by atoms with E-state index in [1.165, 1.54) is 83.5 Å². The molecule has 0 amide bonds. The molecule has 0 aliphatic carbocycles. The molecule has 1 rings (SSSR count). The summed E-state index contributed by atoms with van der Waals surface area (Å²) in [6, 6.07) is 7.74. The zero-order valence-corrected chi connectivity index (χ0v) is 20.4. The van der Waals surface area contributed by atoms with Gasteiger partial charge in [0, 0.05) is 4.47 Å². The Hall–Kier alpha value is -0.830. The van der Waals surface area contributed by atoms with Gasteiger partial charge < -0.3 is 5.11 Å². The summed E-state index contributed by atoms with van der Waals surface area (Å²) in [5.74, 6) is -0.929. The summed E-state index contributed by atoms with van der Waals surface area (Å²) in [6.07, 6.45) is 20.0. The number of carboxylic acid groups (broad SMARTS) is 1. The molecule has 166 valence electrons. The quantitative estimate of drug-likeness (QED) is 0.219. The maximum absolute atomic E-state index is 11.8. The third kappa shape index (κ3) is 12.5. The lowest BCUT2D eigenvalue weighted by atomic mass is 9.84. The Bertz CT molecular complexity index is 526. The highest BCUT2D eigenvalue weighted by atomic mass is 79.9. The van der Waals surface area contributed by atoms with E-state index in [0.29, 0.717) is 0 Å². The number of unbranched alkanes of at least 4 members (excludes halogenated alkanes) is 13. The highest BCUT2D eigenvalue weighted by Gasteiger charge is 2.26. The Balaban J connectivity index is 2.04. The molecule has 3 heteroatoms. The minimum atomic E-state index is -0.704. The molecule has 0 aliphatic heterocycles. The Morgan fingerprint density at radius 3 is 1.62 bits per heavy atom. The van der Waals surface area contributed by atoms with E-state index in [1.54, 1.807) is 0 Å². The molecule has 1 aromatic carbocycles. The van der Waals surface area contributed by atoms with Gasteiger partial charge in [-0.2, -0.15) is 0 Å². The van der Waals surface area contributed by atoms with Crippen LogP contribution in [0, 0.1) is 5.92 Å². The number of aliphatic carboxylic acids is 1. The Morgan fingerprint density at radius 1 is 0.793 bits per heavy atom. The van der Waals surface area contributed by atoms with Crippen LogP contribution in [0.4, 0.5) is 0 Å². The minimum absolute atomic E-state index is 0.172. The van der Waals surface area contributed by atoms with Gasteiger partial charge in [0.1, 0.15) is 0 Å². The van der Waals surface area contributed by atoms with Crippen LogP contribution in [-0.4, -0.2) is 11.1 Å². The van der Waals surface area contributed by atoms with E-state index in [1.807, 2.05) is 24.3 Å². The molecule has 2 atom stereocenters. The molecule has 0 saturated heterocycles. The molecule has 29 heavy (non-hydrogen) atoms. The molecular weight excluding hydrogens is 424 g/mol. The molecule has 1 aromatic rings. The second kappa shape index (κ2) is 16.9. The third-order valence-electron chi connectivity index (χ3n) is 6.08. The van der Waals surface area contributed by atoms with Gasteiger partial charge in [0.2, 0.25) is 0 Å². The summed E-state index contributed by atoms with van der Waals surface area (Å²) in [5.41, 5.74) is 0.915. The van der Waals surface area contributed by atoms with Gasteiger partial charge in [-0.15, -0.1) is 0 Å². The number of benzene rings is 1. The van der Waals surface area contributed by atoms with Crippen LogP contribution >= 0.6 is 15.9 Å². The summed E-state index contributed by atoms with van der Waals surface area (Å²) in [4.78, 5) is 11.8. The lowest BCUT2D eigenvalue weighted by Crippen LogP contribution is -2.19. The maximum atomic E-state index is 11.8. The van der Waals surface area contributed by atoms with E-state index in [2.05, 4.69) is 29.8 Å². The van der Waals surface area contributed by atoms with Crippen molar-refractivity contribution in [3.8, 4) is 0 Å². The van der Waals surface area contributed by atoms with Crippen LogP contribution in [0.25, 0.3) is 0 Å². The van der Waals surface area contributed by atoms with Crippen LogP contribution in [0.15, 0.2) is 28.7 Å². The van der Waals surface area contributed by atoms with Crippen molar-refractivity contribution in [3.63, 3.8) is 0 Å².